The van der Waals surface area contributed by atoms with Crippen LogP contribution in [0.15, 0.2) is 48.5 Å². The first-order chi connectivity index (χ1) is 12.8. The molecule has 1 unspecified atom stereocenters. The van der Waals surface area contributed by atoms with E-state index in [1.807, 2.05) is 56.3 Å². The van der Waals surface area contributed by atoms with Crippen LogP contribution in [0.3, 0.4) is 0 Å². The zero-order chi connectivity index (χ0) is 19.6. The molecule has 0 bridgehead atoms. The van der Waals surface area contributed by atoms with Gasteiger partial charge in [0.1, 0.15) is 5.60 Å². The fraction of sp³-hybridized carbons (Fsp3) is 0.238. The summed E-state index contributed by atoms with van der Waals surface area (Å²) in [5.41, 5.74) is 1.28. The fourth-order valence-corrected chi connectivity index (χ4v) is 3.84. The van der Waals surface area contributed by atoms with Crippen LogP contribution in [0, 0.1) is 13.8 Å². The van der Waals surface area contributed by atoms with Gasteiger partial charge < -0.3 is 15.7 Å². The highest BCUT2D eigenvalue weighted by atomic mass is 32.1. The van der Waals surface area contributed by atoms with Crippen LogP contribution in [-0.2, 0) is 15.2 Å². The number of nitrogens with one attached hydrogen (secondary N) is 2. The van der Waals surface area contributed by atoms with E-state index in [0.29, 0.717) is 5.69 Å². The van der Waals surface area contributed by atoms with Crippen molar-refractivity contribution in [1.29, 1.82) is 0 Å². The van der Waals surface area contributed by atoms with Gasteiger partial charge in [-0.3, -0.25) is 9.59 Å². The van der Waals surface area contributed by atoms with Gasteiger partial charge in [-0.2, -0.15) is 0 Å². The summed E-state index contributed by atoms with van der Waals surface area (Å²) in [5, 5.41) is 16.9. The second kappa shape index (κ2) is 7.50. The highest BCUT2D eigenvalue weighted by molar-refractivity contribution is 7.19. The third-order valence-corrected chi connectivity index (χ3v) is 5.98. The third-order valence-electron chi connectivity index (χ3n) is 4.61. The highest BCUT2D eigenvalue weighted by Crippen LogP contribution is 2.32. The molecule has 2 amide bonds. The molecule has 27 heavy (non-hydrogen) atoms. The van der Waals surface area contributed by atoms with Gasteiger partial charge in [-0.15, -0.1) is 11.3 Å². The molecule has 0 spiro atoms. The predicted octanol–water partition coefficient (Wildman–Crippen LogP) is 3.48. The molecular weight excluding hydrogens is 360 g/mol. The van der Waals surface area contributed by atoms with Gasteiger partial charge in [-0.05, 0) is 55.5 Å². The van der Waals surface area contributed by atoms with Gasteiger partial charge >= 0.3 is 11.8 Å². The molecule has 1 aromatic heterocycles. The summed E-state index contributed by atoms with van der Waals surface area (Å²) in [6.07, 6.45) is 0. The van der Waals surface area contributed by atoms with Crippen LogP contribution >= 0.6 is 11.3 Å². The molecule has 0 aliphatic rings. The van der Waals surface area contributed by atoms with E-state index in [0.717, 1.165) is 26.1 Å². The molecule has 3 aromatic rings. The molecule has 0 radical (unpaired) electrons. The van der Waals surface area contributed by atoms with Crippen molar-refractivity contribution in [3.8, 4) is 0 Å². The number of fused-ring (bicyclic) bond motifs is 1. The first-order valence-electron chi connectivity index (χ1n) is 8.65. The van der Waals surface area contributed by atoms with Crippen LogP contribution in [0.25, 0.3) is 10.1 Å². The number of carbonyl (C=O) groups is 2. The standard InChI is InChI=1S/C21H22N2O3S/c1-13-7-6-9-16(14(13)2)23-20(25)19(24)22-12-21(3,26)18-11-15-8-4-5-10-17(15)27-18/h4-11,26H,12H2,1-3H3,(H,22,24)(H,23,25). The molecule has 5 nitrogen and oxygen atoms in total. The van der Waals surface area contributed by atoms with Crippen LogP contribution in [0.5, 0.6) is 0 Å². The second-order valence-electron chi connectivity index (χ2n) is 6.81. The molecule has 1 heterocycles. The van der Waals surface area contributed by atoms with Crippen molar-refractivity contribution in [3.63, 3.8) is 0 Å². The predicted molar refractivity (Wildman–Crippen MR) is 109 cm³/mol. The monoisotopic (exact) mass is 382 g/mol. The summed E-state index contributed by atoms with van der Waals surface area (Å²) in [5.74, 6) is -1.53. The molecule has 0 saturated carbocycles. The molecule has 140 valence electrons. The maximum Gasteiger partial charge on any atom is 0.313 e. The average molecular weight is 382 g/mol. The first kappa shape index (κ1) is 19.1. The minimum Gasteiger partial charge on any atom is -0.383 e. The lowest BCUT2D eigenvalue weighted by atomic mass is 10.0. The van der Waals surface area contributed by atoms with Gasteiger partial charge in [0.05, 0.1) is 6.54 Å². The van der Waals surface area contributed by atoms with E-state index in [2.05, 4.69) is 10.6 Å². The number of aliphatic hydroxyl groups is 1. The molecule has 0 saturated heterocycles. The van der Waals surface area contributed by atoms with Gasteiger partial charge in [0, 0.05) is 15.3 Å². The zero-order valence-corrected chi connectivity index (χ0v) is 16.3. The molecular formula is C21H22N2O3S. The van der Waals surface area contributed by atoms with Crippen molar-refractivity contribution in [3.05, 3.63) is 64.5 Å². The van der Waals surface area contributed by atoms with Crippen molar-refractivity contribution in [2.45, 2.75) is 26.4 Å². The van der Waals surface area contributed by atoms with E-state index in [1.54, 1.807) is 13.0 Å². The van der Waals surface area contributed by atoms with Gasteiger partial charge in [0.25, 0.3) is 0 Å². The van der Waals surface area contributed by atoms with E-state index in [1.165, 1.54) is 11.3 Å². The molecule has 0 aliphatic heterocycles. The van der Waals surface area contributed by atoms with Gasteiger partial charge in [-0.25, -0.2) is 0 Å². The minimum atomic E-state index is -1.27. The molecule has 0 fully saturated rings. The highest BCUT2D eigenvalue weighted by Gasteiger charge is 2.27. The van der Waals surface area contributed by atoms with E-state index < -0.39 is 17.4 Å². The number of anilines is 1. The number of amides is 2. The summed E-state index contributed by atoms with van der Waals surface area (Å²) in [6, 6.07) is 15.2. The molecule has 2 aromatic carbocycles. The van der Waals surface area contributed by atoms with Crippen molar-refractivity contribution >= 4 is 38.9 Å². The fourth-order valence-electron chi connectivity index (χ4n) is 2.73. The van der Waals surface area contributed by atoms with Gasteiger partial charge in [0.2, 0.25) is 0 Å². The molecule has 3 rings (SSSR count). The number of thiophene rings is 1. The van der Waals surface area contributed by atoms with Crippen molar-refractivity contribution in [1.82, 2.24) is 5.32 Å². The largest absolute Gasteiger partial charge is 0.383 e. The van der Waals surface area contributed by atoms with Gasteiger partial charge in [-0.1, -0.05) is 30.3 Å². The van der Waals surface area contributed by atoms with Crippen LogP contribution < -0.4 is 10.6 Å². The van der Waals surface area contributed by atoms with Crippen LogP contribution in [0.4, 0.5) is 5.69 Å². The van der Waals surface area contributed by atoms with E-state index in [9.17, 15) is 14.7 Å². The number of aryl methyl sites for hydroxylation is 1. The zero-order valence-electron chi connectivity index (χ0n) is 15.5. The number of hydrogen-bond donors (Lipinski definition) is 3. The maximum absolute atomic E-state index is 12.2. The van der Waals surface area contributed by atoms with E-state index >= 15 is 0 Å². The normalized spacial score (nSPS) is 13.2. The summed E-state index contributed by atoms with van der Waals surface area (Å²) in [6.45, 7) is 5.39. The Morgan fingerprint density at radius 1 is 1.07 bits per heavy atom. The maximum atomic E-state index is 12.2. The molecule has 1 atom stereocenters. The molecule has 6 heteroatoms. The van der Waals surface area contributed by atoms with Crippen LogP contribution in [-0.4, -0.2) is 23.5 Å². The molecule has 3 N–H and O–H groups in total. The first-order valence-corrected chi connectivity index (χ1v) is 9.46. The van der Waals surface area contributed by atoms with Crippen LogP contribution in [0.2, 0.25) is 0 Å². The second-order valence-corrected chi connectivity index (χ2v) is 7.89. The quantitative estimate of drug-likeness (QED) is 0.605. The Labute approximate surface area is 162 Å². The van der Waals surface area contributed by atoms with Crippen molar-refractivity contribution in [2.75, 3.05) is 11.9 Å². The number of rotatable bonds is 4. The Kier molecular flexibility index (Phi) is 5.30. The summed E-state index contributed by atoms with van der Waals surface area (Å²) in [7, 11) is 0. The summed E-state index contributed by atoms with van der Waals surface area (Å²) < 4.78 is 1.06. The van der Waals surface area contributed by atoms with Crippen LogP contribution in [0.1, 0.15) is 22.9 Å². The minimum absolute atomic E-state index is 0.0567. The third kappa shape index (κ3) is 4.18. The van der Waals surface area contributed by atoms with Gasteiger partial charge in [0.15, 0.2) is 0 Å². The smallest absolute Gasteiger partial charge is 0.313 e. The van der Waals surface area contributed by atoms with Crippen molar-refractivity contribution in [2.24, 2.45) is 0 Å². The topological polar surface area (TPSA) is 78.4 Å². The lowest BCUT2D eigenvalue weighted by Crippen LogP contribution is -2.43. The van der Waals surface area contributed by atoms with E-state index in [4.69, 9.17) is 0 Å². The van der Waals surface area contributed by atoms with E-state index in [-0.39, 0.29) is 6.54 Å². The average Bonchev–Trinajstić information content (AvgIpc) is 3.08. The Balaban J connectivity index is 1.65. The number of hydrogen-bond acceptors (Lipinski definition) is 4. The lowest BCUT2D eigenvalue weighted by Gasteiger charge is -2.22. The number of benzene rings is 2. The Morgan fingerprint density at radius 2 is 1.81 bits per heavy atom. The number of carbonyl (C=O) groups excluding carboxylic acids is 2. The lowest BCUT2D eigenvalue weighted by molar-refractivity contribution is -0.136. The Bertz CT molecular complexity index is 975. The summed E-state index contributed by atoms with van der Waals surface area (Å²) >= 11 is 1.47. The van der Waals surface area contributed by atoms with Crippen molar-refractivity contribution < 1.29 is 14.7 Å². The Hall–Kier alpha value is -2.70. The SMILES string of the molecule is Cc1cccc(NC(=O)C(=O)NCC(C)(O)c2cc3ccccc3s2)c1C. The Morgan fingerprint density at radius 3 is 2.56 bits per heavy atom. The summed E-state index contributed by atoms with van der Waals surface area (Å²) in [4.78, 5) is 25.1. The molecule has 0 aliphatic carbocycles.